The monoisotopic (exact) mass is 281 g/mol. The van der Waals surface area contributed by atoms with E-state index in [0.29, 0.717) is 13.1 Å². The Morgan fingerprint density at radius 3 is 2.47 bits per heavy atom. The maximum Gasteiger partial charge on any atom is 0.336 e. The molecular formula is C13H15NO4S. The summed E-state index contributed by atoms with van der Waals surface area (Å²) in [5, 5.41) is 9.03. The lowest BCUT2D eigenvalue weighted by Crippen LogP contribution is -2.32. The number of carboxylic acids is 1. The Balaban J connectivity index is 2.11. The number of aromatic carboxylic acids is 1. The molecule has 1 fully saturated rings. The van der Waals surface area contributed by atoms with Crippen molar-refractivity contribution >= 4 is 22.7 Å². The maximum atomic E-state index is 12.1. The van der Waals surface area contributed by atoms with E-state index in [0.717, 1.165) is 12.8 Å². The minimum absolute atomic E-state index is 0.00458. The lowest BCUT2D eigenvalue weighted by atomic mass is 10.2. The molecule has 0 radical (unpaired) electrons. The first kappa shape index (κ1) is 13.7. The van der Waals surface area contributed by atoms with Gasteiger partial charge in [-0.15, -0.1) is 0 Å². The third-order valence-electron chi connectivity index (χ3n) is 3.08. The third-order valence-corrected chi connectivity index (χ3v) is 4.43. The Morgan fingerprint density at radius 1 is 1.21 bits per heavy atom. The highest BCUT2D eigenvalue weighted by Gasteiger charge is 2.22. The lowest BCUT2D eigenvalue weighted by Gasteiger charge is -2.15. The van der Waals surface area contributed by atoms with Gasteiger partial charge in [-0.3, -0.25) is 9.00 Å². The first-order chi connectivity index (χ1) is 9.09. The molecule has 1 aromatic rings. The molecule has 1 saturated heterocycles. The number of carbonyl (C=O) groups is 2. The molecule has 0 saturated carbocycles. The molecule has 1 amide bonds. The molecule has 0 bridgehead atoms. The topological polar surface area (TPSA) is 74.7 Å². The minimum atomic E-state index is -1.61. The molecule has 1 aliphatic rings. The van der Waals surface area contributed by atoms with Crippen LogP contribution in [-0.2, 0) is 15.6 Å². The average molecular weight is 281 g/mol. The van der Waals surface area contributed by atoms with Crippen LogP contribution in [0.2, 0.25) is 0 Å². The summed E-state index contributed by atoms with van der Waals surface area (Å²) in [5.41, 5.74) is -0.00458. The Morgan fingerprint density at radius 2 is 1.84 bits per heavy atom. The van der Waals surface area contributed by atoms with Gasteiger partial charge in [0, 0.05) is 13.1 Å². The number of hydrogen-bond donors (Lipinski definition) is 1. The summed E-state index contributed by atoms with van der Waals surface area (Å²) in [7, 11) is -1.61. The summed E-state index contributed by atoms with van der Waals surface area (Å²) >= 11 is 0. The van der Waals surface area contributed by atoms with Gasteiger partial charge in [0.2, 0.25) is 5.91 Å². The number of benzene rings is 1. The third kappa shape index (κ3) is 3.20. The SMILES string of the molecule is O=C(O)c1ccccc1S(=O)CC(=O)N1CCCC1. The van der Waals surface area contributed by atoms with Gasteiger partial charge in [0.15, 0.2) is 0 Å². The molecule has 0 spiro atoms. The van der Waals surface area contributed by atoms with E-state index in [1.165, 1.54) is 12.1 Å². The molecule has 0 aromatic heterocycles. The molecule has 1 atom stereocenters. The fourth-order valence-corrected chi connectivity index (χ4v) is 3.28. The Labute approximate surface area is 113 Å². The van der Waals surface area contributed by atoms with Gasteiger partial charge in [-0.1, -0.05) is 12.1 Å². The average Bonchev–Trinajstić information content (AvgIpc) is 2.92. The van der Waals surface area contributed by atoms with E-state index in [-0.39, 0.29) is 22.1 Å². The second-order valence-corrected chi connectivity index (χ2v) is 5.80. The molecule has 1 aliphatic heterocycles. The van der Waals surface area contributed by atoms with Crippen molar-refractivity contribution in [1.29, 1.82) is 0 Å². The summed E-state index contributed by atoms with van der Waals surface area (Å²) in [4.78, 5) is 24.8. The summed E-state index contributed by atoms with van der Waals surface area (Å²) in [6, 6.07) is 6.10. The zero-order chi connectivity index (χ0) is 13.8. The van der Waals surface area contributed by atoms with Crippen molar-refractivity contribution in [3.63, 3.8) is 0 Å². The summed E-state index contributed by atoms with van der Waals surface area (Å²) in [6.07, 6.45) is 1.95. The van der Waals surface area contributed by atoms with Gasteiger partial charge < -0.3 is 10.0 Å². The molecule has 19 heavy (non-hydrogen) atoms. The van der Waals surface area contributed by atoms with Gasteiger partial charge in [-0.2, -0.15) is 0 Å². The molecule has 0 aliphatic carbocycles. The largest absolute Gasteiger partial charge is 0.478 e. The number of carbonyl (C=O) groups excluding carboxylic acids is 1. The van der Waals surface area contributed by atoms with Crippen LogP contribution in [0.1, 0.15) is 23.2 Å². The fraction of sp³-hybridized carbons (Fsp3) is 0.385. The number of nitrogens with zero attached hydrogens (tertiary/aromatic N) is 1. The summed E-state index contributed by atoms with van der Waals surface area (Å²) in [6.45, 7) is 1.41. The number of rotatable bonds is 4. The standard InChI is InChI=1S/C13H15NO4S/c15-12(14-7-3-4-8-14)9-19(18)11-6-2-1-5-10(11)13(16)17/h1-2,5-6H,3-4,7-9H2,(H,16,17). The first-order valence-electron chi connectivity index (χ1n) is 6.08. The molecular weight excluding hydrogens is 266 g/mol. The van der Waals surface area contributed by atoms with E-state index in [9.17, 15) is 13.8 Å². The quantitative estimate of drug-likeness (QED) is 0.897. The normalized spacial score (nSPS) is 16.3. The number of carboxylic acid groups (broad SMARTS) is 1. The Hall–Kier alpha value is -1.69. The Bertz CT molecular complexity index is 523. The van der Waals surface area contributed by atoms with Gasteiger partial charge in [0.1, 0.15) is 5.75 Å². The molecule has 6 heteroatoms. The van der Waals surface area contributed by atoms with Gasteiger partial charge in [0.05, 0.1) is 21.3 Å². The van der Waals surface area contributed by atoms with Crippen molar-refractivity contribution in [2.24, 2.45) is 0 Å². The highest BCUT2D eigenvalue weighted by molar-refractivity contribution is 7.85. The van der Waals surface area contributed by atoms with Crippen molar-refractivity contribution in [1.82, 2.24) is 4.90 Å². The second-order valence-electron chi connectivity index (χ2n) is 4.38. The molecule has 1 heterocycles. The van der Waals surface area contributed by atoms with E-state index in [1.54, 1.807) is 17.0 Å². The van der Waals surface area contributed by atoms with Crippen LogP contribution in [0.15, 0.2) is 29.2 Å². The van der Waals surface area contributed by atoms with Crippen LogP contribution in [0.4, 0.5) is 0 Å². The zero-order valence-corrected chi connectivity index (χ0v) is 11.2. The summed E-state index contributed by atoms with van der Waals surface area (Å²) in [5.74, 6) is -1.45. The molecule has 1 aromatic carbocycles. The fourth-order valence-electron chi connectivity index (χ4n) is 2.09. The predicted molar refractivity (Wildman–Crippen MR) is 70.5 cm³/mol. The lowest BCUT2D eigenvalue weighted by molar-refractivity contribution is -0.127. The molecule has 1 unspecified atom stereocenters. The second kappa shape index (κ2) is 5.97. The van der Waals surface area contributed by atoms with Crippen LogP contribution in [0.5, 0.6) is 0 Å². The molecule has 2 rings (SSSR count). The highest BCUT2D eigenvalue weighted by atomic mass is 32.2. The van der Waals surface area contributed by atoms with E-state index < -0.39 is 16.8 Å². The van der Waals surface area contributed by atoms with Crippen LogP contribution in [0.3, 0.4) is 0 Å². The van der Waals surface area contributed by atoms with Crippen molar-refractivity contribution in [2.75, 3.05) is 18.8 Å². The maximum absolute atomic E-state index is 12.1. The van der Waals surface area contributed by atoms with Gasteiger partial charge in [-0.25, -0.2) is 4.79 Å². The van der Waals surface area contributed by atoms with E-state index in [1.807, 2.05) is 0 Å². The molecule has 102 valence electrons. The van der Waals surface area contributed by atoms with Crippen molar-refractivity contribution in [3.8, 4) is 0 Å². The smallest absolute Gasteiger partial charge is 0.336 e. The minimum Gasteiger partial charge on any atom is -0.478 e. The van der Waals surface area contributed by atoms with Crippen molar-refractivity contribution in [3.05, 3.63) is 29.8 Å². The molecule has 5 nitrogen and oxygen atoms in total. The van der Waals surface area contributed by atoms with E-state index in [2.05, 4.69) is 0 Å². The van der Waals surface area contributed by atoms with Crippen LogP contribution in [0.25, 0.3) is 0 Å². The number of hydrogen-bond acceptors (Lipinski definition) is 3. The first-order valence-corrected chi connectivity index (χ1v) is 7.40. The van der Waals surface area contributed by atoms with E-state index in [4.69, 9.17) is 5.11 Å². The van der Waals surface area contributed by atoms with Crippen LogP contribution >= 0.6 is 0 Å². The highest BCUT2D eigenvalue weighted by Crippen LogP contribution is 2.15. The van der Waals surface area contributed by atoms with Gasteiger partial charge in [-0.05, 0) is 25.0 Å². The Kier molecular flexibility index (Phi) is 4.31. The van der Waals surface area contributed by atoms with Crippen LogP contribution in [0, 0.1) is 0 Å². The zero-order valence-electron chi connectivity index (χ0n) is 10.4. The summed E-state index contributed by atoms with van der Waals surface area (Å²) < 4.78 is 12.1. The van der Waals surface area contributed by atoms with Crippen molar-refractivity contribution in [2.45, 2.75) is 17.7 Å². The van der Waals surface area contributed by atoms with Crippen LogP contribution in [-0.4, -0.2) is 44.9 Å². The van der Waals surface area contributed by atoms with E-state index >= 15 is 0 Å². The van der Waals surface area contributed by atoms with Crippen LogP contribution < -0.4 is 0 Å². The van der Waals surface area contributed by atoms with Crippen molar-refractivity contribution < 1.29 is 18.9 Å². The number of amides is 1. The van der Waals surface area contributed by atoms with Gasteiger partial charge in [0.25, 0.3) is 0 Å². The number of likely N-dealkylation sites (tertiary alicyclic amines) is 1. The van der Waals surface area contributed by atoms with Gasteiger partial charge >= 0.3 is 5.97 Å². The molecule has 1 N–H and O–H groups in total. The predicted octanol–water partition coefficient (Wildman–Crippen LogP) is 1.11.